The molecule has 0 radical (unpaired) electrons. The number of hydrogen-bond acceptors (Lipinski definition) is 6. The summed E-state index contributed by atoms with van der Waals surface area (Å²) in [5, 5.41) is 11.9. The summed E-state index contributed by atoms with van der Waals surface area (Å²) in [5.74, 6) is 0.807. The quantitative estimate of drug-likeness (QED) is 0.530. The second-order valence-corrected chi connectivity index (χ2v) is 8.06. The Hall–Kier alpha value is -4.51. The van der Waals surface area contributed by atoms with Crippen LogP contribution in [0, 0.1) is 17.2 Å². The Morgan fingerprint density at radius 1 is 1.06 bits per heavy atom. The first-order valence-electron chi connectivity index (χ1n) is 11.1. The number of benzene rings is 3. The van der Waals surface area contributed by atoms with E-state index < -0.39 is 5.92 Å². The molecule has 1 saturated heterocycles. The maximum absolute atomic E-state index is 12.9. The standard InChI is InChI=1S/C27H25N3O5/c1-33-24-10-9-22(14-25(24)34-2)30-16-20(12-26(30)31)27(32)29-21-7-4-8-23(13-21)35-17-19-6-3-5-18(11-19)15-28/h3-11,13-14,20H,12,16-17H2,1-2H3,(H,29,32). The Balaban J connectivity index is 1.38. The molecule has 0 aliphatic carbocycles. The zero-order valence-corrected chi connectivity index (χ0v) is 19.5. The largest absolute Gasteiger partial charge is 0.493 e. The normalized spacial score (nSPS) is 14.8. The van der Waals surface area contributed by atoms with E-state index in [1.165, 1.54) is 7.11 Å². The van der Waals surface area contributed by atoms with Gasteiger partial charge in [-0.15, -0.1) is 0 Å². The SMILES string of the molecule is COc1ccc(N2CC(C(=O)Nc3cccc(OCc4cccc(C#N)c4)c3)CC2=O)cc1OC. The molecule has 1 aliphatic rings. The molecule has 178 valence electrons. The van der Waals surface area contributed by atoms with Gasteiger partial charge in [-0.05, 0) is 42.0 Å². The topological polar surface area (TPSA) is 101 Å². The second kappa shape index (κ2) is 10.6. The van der Waals surface area contributed by atoms with Crippen LogP contribution in [0.5, 0.6) is 17.2 Å². The lowest BCUT2D eigenvalue weighted by atomic mass is 10.1. The van der Waals surface area contributed by atoms with Crippen molar-refractivity contribution in [1.29, 1.82) is 5.26 Å². The van der Waals surface area contributed by atoms with Crippen LogP contribution in [0.3, 0.4) is 0 Å². The lowest BCUT2D eigenvalue weighted by molar-refractivity contribution is -0.122. The van der Waals surface area contributed by atoms with Crippen molar-refractivity contribution in [3.63, 3.8) is 0 Å². The Bertz CT molecular complexity index is 1280. The first kappa shape index (κ1) is 23.6. The monoisotopic (exact) mass is 471 g/mol. The van der Waals surface area contributed by atoms with Gasteiger partial charge in [0.25, 0.3) is 0 Å². The Kier molecular flexibility index (Phi) is 7.17. The Morgan fingerprint density at radius 3 is 2.63 bits per heavy atom. The maximum atomic E-state index is 12.9. The summed E-state index contributed by atoms with van der Waals surface area (Å²) in [7, 11) is 3.08. The van der Waals surface area contributed by atoms with Gasteiger partial charge in [0, 0.05) is 36.5 Å². The van der Waals surface area contributed by atoms with Crippen molar-refractivity contribution < 1.29 is 23.8 Å². The van der Waals surface area contributed by atoms with Crippen molar-refractivity contribution >= 4 is 23.2 Å². The third-order valence-electron chi connectivity index (χ3n) is 5.74. The summed E-state index contributed by atoms with van der Waals surface area (Å²) >= 11 is 0. The number of carbonyl (C=O) groups excluding carboxylic acids is 2. The second-order valence-electron chi connectivity index (χ2n) is 8.06. The number of methoxy groups -OCH3 is 2. The summed E-state index contributed by atoms with van der Waals surface area (Å²) in [5.41, 5.74) is 2.67. The molecule has 8 nitrogen and oxygen atoms in total. The van der Waals surface area contributed by atoms with Gasteiger partial charge in [0.05, 0.1) is 31.8 Å². The minimum atomic E-state index is -0.492. The van der Waals surface area contributed by atoms with Gasteiger partial charge in [-0.2, -0.15) is 5.26 Å². The highest BCUT2D eigenvalue weighted by atomic mass is 16.5. The van der Waals surface area contributed by atoms with Crippen molar-refractivity contribution in [3.8, 4) is 23.3 Å². The summed E-state index contributed by atoms with van der Waals surface area (Å²) in [6, 6.07) is 21.6. The number of nitrogens with zero attached hydrogens (tertiary/aromatic N) is 2. The minimum Gasteiger partial charge on any atom is -0.493 e. The van der Waals surface area contributed by atoms with Gasteiger partial charge < -0.3 is 24.4 Å². The smallest absolute Gasteiger partial charge is 0.229 e. The molecule has 35 heavy (non-hydrogen) atoms. The third kappa shape index (κ3) is 5.53. The highest BCUT2D eigenvalue weighted by Crippen LogP contribution is 2.34. The molecule has 1 fully saturated rings. The van der Waals surface area contributed by atoms with Gasteiger partial charge in [0.1, 0.15) is 12.4 Å². The van der Waals surface area contributed by atoms with Crippen molar-refractivity contribution in [2.45, 2.75) is 13.0 Å². The van der Waals surface area contributed by atoms with Gasteiger partial charge in [-0.3, -0.25) is 9.59 Å². The molecule has 0 spiro atoms. The average molecular weight is 472 g/mol. The van der Waals surface area contributed by atoms with Crippen LogP contribution in [-0.4, -0.2) is 32.6 Å². The zero-order chi connectivity index (χ0) is 24.8. The molecule has 8 heteroatoms. The molecule has 1 aliphatic heterocycles. The molecule has 0 saturated carbocycles. The highest BCUT2D eigenvalue weighted by molar-refractivity contribution is 6.03. The van der Waals surface area contributed by atoms with Crippen LogP contribution >= 0.6 is 0 Å². The lowest BCUT2D eigenvalue weighted by Crippen LogP contribution is -2.28. The van der Waals surface area contributed by atoms with Crippen molar-refractivity contribution in [2.24, 2.45) is 5.92 Å². The number of amides is 2. The molecule has 1 unspecified atom stereocenters. The molecular formula is C27H25N3O5. The van der Waals surface area contributed by atoms with Crippen molar-refractivity contribution in [3.05, 3.63) is 77.9 Å². The summed E-state index contributed by atoms with van der Waals surface area (Å²) in [6.45, 7) is 0.565. The molecule has 1 N–H and O–H groups in total. The third-order valence-corrected chi connectivity index (χ3v) is 5.74. The summed E-state index contributed by atoms with van der Waals surface area (Å²) in [4.78, 5) is 27.1. The fourth-order valence-corrected chi connectivity index (χ4v) is 3.93. The van der Waals surface area contributed by atoms with E-state index in [-0.39, 0.29) is 24.8 Å². The zero-order valence-electron chi connectivity index (χ0n) is 19.5. The molecular weight excluding hydrogens is 446 g/mol. The summed E-state index contributed by atoms with van der Waals surface area (Å²) in [6.07, 6.45) is 0.117. The van der Waals surface area contributed by atoms with E-state index in [9.17, 15) is 9.59 Å². The number of hydrogen-bond donors (Lipinski definition) is 1. The summed E-state index contributed by atoms with van der Waals surface area (Å²) < 4.78 is 16.4. The number of nitrogens with one attached hydrogen (secondary N) is 1. The fourth-order valence-electron chi connectivity index (χ4n) is 3.93. The lowest BCUT2D eigenvalue weighted by Gasteiger charge is -2.18. The van der Waals surface area contributed by atoms with Crippen LogP contribution in [0.15, 0.2) is 66.7 Å². The van der Waals surface area contributed by atoms with Crippen LogP contribution in [-0.2, 0) is 16.2 Å². The predicted octanol–water partition coefficient (Wildman–Crippen LogP) is 4.15. The first-order chi connectivity index (χ1) is 17.0. The molecule has 1 atom stereocenters. The molecule has 0 aromatic heterocycles. The van der Waals surface area contributed by atoms with Gasteiger partial charge in [-0.1, -0.05) is 18.2 Å². The Morgan fingerprint density at radius 2 is 1.86 bits per heavy atom. The van der Waals surface area contributed by atoms with E-state index in [2.05, 4.69) is 11.4 Å². The van der Waals surface area contributed by atoms with Crippen LogP contribution in [0.2, 0.25) is 0 Å². The first-order valence-corrected chi connectivity index (χ1v) is 11.1. The maximum Gasteiger partial charge on any atom is 0.229 e. The number of rotatable bonds is 8. The Labute approximate surface area is 203 Å². The van der Waals surface area contributed by atoms with Crippen LogP contribution in [0.1, 0.15) is 17.5 Å². The molecule has 0 bridgehead atoms. The van der Waals surface area contributed by atoms with Crippen molar-refractivity contribution in [1.82, 2.24) is 0 Å². The average Bonchev–Trinajstić information content (AvgIpc) is 3.29. The van der Waals surface area contributed by atoms with E-state index >= 15 is 0 Å². The number of nitriles is 1. The predicted molar refractivity (Wildman–Crippen MR) is 131 cm³/mol. The number of carbonyl (C=O) groups is 2. The number of ether oxygens (including phenoxy) is 3. The van der Waals surface area contributed by atoms with Crippen LogP contribution < -0.4 is 24.4 Å². The van der Waals surface area contributed by atoms with Gasteiger partial charge in [-0.25, -0.2) is 0 Å². The van der Waals surface area contributed by atoms with E-state index in [0.717, 1.165) is 5.56 Å². The number of anilines is 2. The molecule has 2 amide bonds. The highest BCUT2D eigenvalue weighted by Gasteiger charge is 2.35. The van der Waals surface area contributed by atoms with E-state index in [1.54, 1.807) is 66.6 Å². The molecule has 3 aromatic rings. The fraction of sp³-hybridized carbons (Fsp3) is 0.222. The van der Waals surface area contributed by atoms with Gasteiger partial charge in [0.2, 0.25) is 11.8 Å². The van der Waals surface area contributed by atoms with Gasteiger partial charge >= 0.3 is 0 Å². The van der Waals surface area contributed by atoms with Gasteiger partial charge in [0.15, 0.2) is 11.5 Å². The molecule has 3 aromatic carbocycles. The van der Waals surface area contributed by atoms with E-state index in [0.29, 0.717) is 40.8 Å². The minimum absolute atomic E-state index is 0.117. The van der Waals surface area contributed by atoms with Crippen LogP contribution in [0.4, 0.5) is 11.4 Å². The van der Waals surface area contributed by atoms with E-state index in [4.69, 9.17) is 19.5 Å². The van der Waals surface area contributed by atoms with E-state index in [1.807, 2.05) is 12.1 Å². The van der Waals surface area contributed by atoms with Crippen molar-refractivity contribution in [2.75, 3.05) is 31.0 Å². The van der Waals surface area contributed by atoms with Crippen LogP contribution in [0.25, 0.3) is 0 Å². The molecule has 4 rings (SSSR count). The molecule has 1 heterocycles.